The molecule has 0 unspecified atom stereocenters. The van der Waals surface area contributed by atoms with Crippen LogP contribution in [0.5, 0.6) is 0 Å². The number of aromatic nitrogens is 1. The minimum atomic E-state index is -1.07. The summed E-state index contributed by atoms with van der Waals surface area (Å²) in [4.78, 5) is 38.2. The highest BCUT2D eigenvalue weighted by molar-refractivity contribution is 7.13. The zero-order valence-electron chi connectivity index (χ0n) is 13.8. The maximum Gasteiger partial charge on any atom is 0.358 e. The van der Waals surface area contributed by atoms with Gasteiger partial charge in [-0.2, -0.15) is 0 Å². The summed E-state index contributed by atoms with van der Waals surface area (Å²) in [5.74, 6) is -1.29. The van der Waals surface area contributed by atoms with Gasteiger partial charge in [0.1, 0.15) is 0 Å². The average molecular weight is 376 g/mol. The molecule has 1 aromatic heterocycles. The van der Waals surface area contributed by atoms with Crippen molar-refractivity contribution in [3.05, 3.63) is 58.1 Å². The van der Waals surface area contributed by atoms with E-state index < -0.39 is 22.9 Å². The number of thiazole rings is 1. The maximum atomic E-state index is 12.1. The Bertz CT molecular complexity index is 818. The van der Waals surface area contributed by atoms with Gasteiger partial charge in [-0.05, 0) is 19.1 Å². The number of esters is 1. The molecule has 1 heterocycles. The fourth-order valence-corrected chi connectivity index (χ4v) is 2.48. The van der Waals surface area contributed by atoms with Gasteiger partial charge in [0, 0.05) is 29.7 Å². The molecule has 2 aromatic rings. The number of carbonyl (C=O) groups excluding carboxylic acids is 2. The molecule has 2 rings (SSSR count). The molecule has 1 amide bonds. The van der Waals surface area contributed by atoms with Crippen LogP contribution in [0.4, 0.5) is 16.5 Å². The SMILES string of the molecule is C=CCNc1nc(C(=O)O[C@@H](C)C(=O)Nc2ccc([N+](=O)[O-])cc2)cs1. The van der Waals surface area contributed by atoms with E-state index in [1.807, 2.05) is 0 Å². The van der Waals surface area contributed by atoms with Crippen molar-refractivity contribution in [1.29, 1.82) is 0 Å². The molecule has 1 atom stereocenters. The van der Waals surface area contributed by atoms with Crippen LogP contribution in [0.2, 0.25) is 0 Å². The molecule has 2 N–H and O–H groups in total. The Hall–Kier alpha value is -3.27. The first-order chi connectivity index (χ1) is 12.4. The Morgan fingerprint density at radius 3 is 2.73 bits per heavy atom. The van der Waals surface area contributed by atoms with Crippen molar-refractivity contribution < 1.29 is 19.2 Å². The van der Waals surface area contributed by atoms with Crippen LogP contribution in [0, 0.1) is 10.1 Å². The summed E-state index contributed by atoms with van der Waals surface area (Å²) < 4.78 is 5.09. The summed E-state index contributed by atoms with van der Waals surface area (Å²) in [6, 6.07) is 5.31. The number of hydrogen-bond donors (Lipinski definition) is 2. The molecule has 0 aliphatic heterocycles. The monoisotopic (exact) mass is 376 g/mol. The number of non-ortho nitro benzene ring substituents is 1. The van der Waals surface area contributed by atoms with Crippen molar-refractivity contribution >= 4 is 39.7 Å². The van der Waals surface area contributed by atoms with Crippen molar-refractivity contribution in [2.24, 2.45) is 0 Å². The third-order valence-corrected chi connectivity index (χ3v) is 3.91. The number of anilines is 2. The van der Waals surface area contributed by atoms with Gasteiger partial charge in [0.25, 0.3) is 11.6 Å². The molecule has 0 bridgehead atoms. The second kappa shape index (κ2) is 8.72. The lowest BCUT2D eigenvalue weighted by atomic mass is 10.2. The normalized spacial score (nSPS) is 11.3. The van der Waals surface area contributed by atoms with Gasteiger partial charge in [-0.1, -0.05) is 6.08 Å². The summed E-state index contributed by atoms with van der Waals surface area (Å²) in [6.45, 7) is 5.50. The largest absolute Gasteiger partial charge is 0.448 e. The quantitative estimate of drug-likeness (QED) is 0.314. The molecule has 0 saturated heterocycles. The van der Waals surface area contributed by atoms with Gasteiger partial charge in [-0.15, -0.1) is 17.9 Å². The number of nitro benzene ring substituents is 1. The summed E-state index contributed by atoms with van der Waals surface area (Å²) in [6.07, 6.45) is 0.591. The Kier molecular flexibility index (Phi) is 6.39. The van der Waals surface area contributed by atoms with Gasteiger partial charge < -0.3 is 15.4 Å². The molecule has 1 aromatic carbocycles. The molecular formula is C16H16N4O5S. The van der Waals surface area contributed by atoms with Crippen LogP contribution in [0.3, 0.4) is 0 Å². The van der Waals surface area contributed by atoms with Gasteiger partial charge in [-0.3, -0.25) is 14.9 Å². The highest BCUT2D eigenvalue weighted by Gasteiger charge is 2.21. The van der Waals surface area contributed by atoms with E-state index in [1.54, 1.807) is 6.08 Å². The van der Waals surface area contributed by atoms with E-state index in [9.17, 15) is 19.7 Å². The number of amides is 1. The second-order valence-electron chi connectivity index (χ2n) is 5.05. The van der Waals surface area contributed by atoms with E-state index in [4.69, 9.17) is 4.74 Å². The number of hydrogen-bond acceptors (Lipinski definition) is 8. The van der Waals surface area contributed by atoms with Crippen LogP contribution in [-0.4, -0.2) is 34.4 Å². The highest BCUT2D eigenvalue weighted by Crippen LogP contribution is 2.18. The van der Waals surface area contributed by atoms with Gasteiger partial charge in [0.05, 0.1) is 4.92 Å². The number of nitrogens with zero attached hydrogens (tertiary/aromatic N) is 2. The van der Waals surface area contributed by atoms with Gasteiger partial charge in [0.15, 0.2) is 16.9 Å². The van der Waals surface area contributed by atoms with E-state index in [1.165, 1.54) is 47.9 Å². The number of benzene rings is 1. The predicted molar refractivity (Wildman–Crippen MR) is 97.4 cm³/mol. The van der Waals surface area contributed by atoms with Gasteiger partial charge in [-0.25, -0.2) is 9.78 Å². The molecule has 0 saturated carbocycles. The van der Waals surface area contributed by atoms with E-state index in [2.05, 4.69) is 22.2 Å². The van der Waals surface area contributed by atoms with Crippen molar-refractivity contribution in [1.82, 2.24) is 4.98 Å². The summed E-state index contributed by atoms with van der Waals surface area (Å²) in [5, 5.41) is 18.1. The standard InChI is InChI=1S/C16H16N4O5S/c1-3-8-17-16-19-13(9-26-16)15(22)25-10(2)14(21)18-11-4-6-12(7-5-11)20(23)24/h3-7,9-10H,1,8H2,2H3,(H,17,19)(H,18,21)/t10-/m0/s1. The third kappa shape index (κ3) is 5.11. The predicted octanol–water partition coefficient (Wildman–Crippen LogP) is 2.83. The molecule has 136 valence electrons. The fourth-order valence-electron chi connectivity index (χ4n) is 1.79. The average Bonchev–Trinajstić information content (AvgIpc) is 3.09. The Labute approximate surface area is 152 Å². The lowest BCUT2D eigenvalue weighted by Gasteiger charge is -2.12. The van der Waals surface area contributed by atoms with Crippen molar-refractivity contribution in [2.45, 2.75) is 13.0 Å². The number of ether oxygens (including phenoxy) is 1. The van der Waals surface area contributed by atoms with E-state index in [0.717, 1.165) is 0 Å². The Morgan fingerprint density at radius 2 is 2.12 bits per heavy atom. The first-order valence-corrected chi connectivity index (χ1v) is 8.35. The lowest BCUT2D eigenvalue weighted by Crippen LogP contribution is -2.30. The molecule has 0 aliphatic rings. The van der Waals surface area contributed by atoms with Gasteiger partial charge in [0.2, 0.25) is 0 Å². The smallest absolute Gasteiger partial charge is 0.358 e. The van der Waals surface area contributed by atoms with E-state index in [0.29, 0.717) is 17.4 Å². The van der Waals surface area contributed by atoms with E-state index in [-0.39, 0.29) is 11.4 Å². The number of carbonyl (C=O) groups is 2. The molecular weight excluding hydrogens is 360 g/mol. The summed E-state index contributed by atoms with van der Waals surface area (Å²) in [5.41, 5.74) is 0.358. The molecule has 9 nitrogen and oxygen atoms in total. The van der Waals surface area contributed by atoms with E-state index >= 15 is 0 Å². The first-order valence-electron chi connectivity index (χ1n) is 7.47. The first kappa shape index (κ1) is 19.1. The second-order valence-corrected chi connectivity index (χ2v) is 5.91. The topological polar surface area (TPSA) is 123 Å². The van der Waals surface area contributed by atoms with Crippen LogP contribution >= 0.6 is 11.3 Å². The maximum absolute atomic E-state index is 12.1. The van der Waals surface area contributed by atoms with Crippen LogP contribution < -0.4 is 10.6 Å². The molecule has 0 fully saturated rings. The molecule has 10 heteroatoms. The highest BCUT2D eigenvalue weighted by atomic mass is 32.1. The minimum Gasteiger partial charge on any atom is -0.448 e. The van der Waals surface area contributed by atoms with Crippen molar-refractivity contribution in [2.75, 3.05) is 17.2 Å². The van der Waals surface area contributed by atoms with Gasteiger partial charge >= 0.3 is 5.97 Å². The molecule has 0 radical (unpaired) electrons. The van der Waals surface area contributed by atoms with Crippen molar-refractivity contribution in [3.63, 3.8) is 0 Å². The Morgan fingerprint density at radius 1 is 1.42 bits per heavy atom. The summed E-state index contributed by atoms with van der Waals surface area (Å²) >= 11 is 1.23. The number of rotatable bonds is 8. The zero-order chi connectivity index (χ0) is 19.1. The van der Waals surface area contributed by atoms with Crippen LogP contribution in [0.1, 0.15) is 17.4 Å². The van der Waals surface area contributed by atoms with Crippen LogP contribution in [-0.2, 0) is 9.53 Å². The van der Waals surface area contributed by atoms with Crippen molar-refractivity contribution in [3.8, 4) is 0 Å². The van der Waals surface area contributed by atoms with Crippen LogP contribution in [0.25, 0.3) is 0 Å². The molecule has 0 aliphatic carbocycles. The van der Waals surface area contributed by atoms with Crippen LogP contribution in [0.15, 0.2) is 42.3 Å². The summed E-state index contributed by atoms with van der Waals surface area (Å²) in [7, 11) is 0. The zero-order valence-corrected chi connectivity index (χ0v) is 14.6. The molecule has 0 spiro atoms. The number of nitro groups is 1. The number of nitrogens with one attached hydrogen (secondary N) is 2. The lowest BCUT2D eigenvalue weighted by molar-refractivity contribution is -0.384. The minimum absolute atomic E-state index is 0.0909. The molecule has 26 heavy (non-hydrogen) atoms. The fraction of sp³-hybridized carbons (Fsp3) is 0.188. The Balaban J connectivity index is 1.91. The third-order valence-electron chi connectivity index (χ3n) is 3.11.